The third kappa shape index (κ3) is 5.33. The van der Waals surface area contributed by atoms with Crippen molar-refractivity contribution in [3.8, 4) is 11.4 Å². The topological polar surface area (TPSA) is 59.8 Å². The highest BCUT2D eigenvalue weighted by Crippen LogP contribution is 2.25. The Morgan fingerprint density at radius 3 is 2.54 bits per heavy atom. The molecule has 28 heavy (non-hydrogen) atoms. The lowest BCUT2D eigenvalue weighted by atomic mass is 10.1. The number of hydrogen-bond donors (Lipinski definition) is 1. The Balaban J connectivity index is 1.53. The number of carbonyl (C=O) groups is 1. The van der Waals surface area contributed by atoms with Gasteiger partial charge in [0.05, 0.1) is 5.75 Å². The molecule has 0 bridgehead atoms. The van der Waals surface area contributed by atoms with Crippen LogP contribution in [0.1, 0.15) is 12.5 Å². The molecule has 0 radical (unpaired) electrons. The molecule has 3 rings (SSSR count). The first-order valence-corrected chi connectivity index (χ1v) is 10.3. The molecule has 1 N–H and O–H groups in total. The van der Waals surface area contributed by atoms with Gasteiger partial charge >= 0.3 is 0 Å². The zero-order valence-corrected chi connectivity index (χ0v) is 16.9. The fraction of sp³-hybridized carbons (Fsp3) is 0.250. The third-order valence-electron chi connectivity index (χ3n) is 4.12. The van der Waals surface area contributed by atoms with E-state index in [4.69, 9.17) is 11.6 Å². The van der Waals surface area contributed by atoms with Crippen LogP contribution in [0.5, 0.6) is 0 Å². The van der Waals surface area contributed by atoms with Crippen molar-refractivity contribution in [2.24, 2.45) is 0 Å². The van der Waals surface area contributed by atoms with Gasteiger partial charge in [0.25, 0.3) is 0 Å². The Labute approximate surface area is 172 Å². The van der Waals surface area contributed by atoms with Crippen molar-refractivity contribution < 1.29 is 9.18 Å². The van der Waals surface area contributed by atoms with Gasteiger partial charge in [0.1, 0.15) is 5.82 Å². The fourth-order valence-corrected chi connectivity index (χ4v) is 3.63. The summed E-state index contributed by atoms with van der Waals surface area (Å²) in [6.07, 6.45) is 0.655. The molecule has 146 valence electrons. The maximum absolute atomic E-state index is 12.9. The van der Waals surface area contributed by atoms with E-state index in [2.05, 4.69) is 15.5 Å². The summed E-state index contributed by atoms with van der Waals surface area (Å²) in [6, 6.07) is 13.7. The molecule has 1 amide bonds. The van der Waals surface area contributed by atoms with Gasteiger partial charge in [-0.05, 0) is 55.3 Å². The Morgan fingerprint density at radius 1 is 1.14 bits per heavy atom. The van der Waals surface area contributed by atoms with E-state index in [1.54, 1.807) is 12.1 Å². The second-order valence-electron chi connectivity index (χ2n) is 6.07. The third-order valence-corrected chi connectivity index (χ3v) is 5.34. The predicted molar refractivity (Wildman–Crippen MR) is 110 cm³/mol. The number of halogens is 2. The minimum atomic E-state index is -0.262. The Kier molecular flexibility index (Phi) is 7.06. The molecule has 1 heterocycles. The van der Waals surface area contributed by atoms with Gasteiger partial charge in [0.2, 0.25) is 5.91 Å². The van der Waals surface area contributed by atoms with Gasteiger partial charge in [-0.2, -0.15) is 0 Å². The smallest absolute Gasteiger partial charge is 0.230 e. The summed E-state index contributed by atoms with van der Waals surface area (Å²) in [6.45, 7) is 3.20. The van der Waals surface area contributed by atoms with Crippen LogP contribution < -0.4 is 5.32 Å². The molecule has 0 unspecified atom stereocenters. The summed E-state index contributed by atoms with van der Waals surface area (Å²) in [5, 5.41) is 12.7. The largest absolute Gasteiger partial charge is 0.355 e. The Bertz CT molecular complexity index is 928. The van der Waals surface area contributed by atoms with Gasteiger partial charge in [-0.15, -0.1) is 10.2 Å². The number of carbonyl (C=O) groups excluding carboxylic acids is 1. The normalized spacial score (nSPS) is 10.8. The fourth-order valence-electron chi connectivity index (χ4n) is 2.67. The molecule has 0 aliphatic carbocycles. The first kappa shape index (κ1) is 20.4. The first-order chi connectivity index (χ1) is 13.6. The van der Waals surface area contributed by atoms with Crippen LogP contribution in [0.2, 0.25) is 5.02 Å². The lowest BCUT2D eigenvalue weighted by Gasteiger charge is -2.08. The minimum absolute atomic E-state index is 0.0780. The van der Waals surface area contributed by atoms with E-state index < -0.39 is 0 Å². The van der Waals surface area contributed by atoms with Crippen LogP contribution in [-0.4, -0.2) is 33.0 Å². The van der Waals surface area contributed by atoms with E-state index in [1.165, 1.54) is 23.9 Å². The highest BCUT2D eigenvalue weighted by molar-refractivity contribution is 7.99. The molecule has 5 nitrogen and oxygen atoms in total. The van der Waals surface area contributed by atoms with Crippen LogP contribution in [0, 0.1) is 5.82 Å². The molecule has 0 saturated carbocycles. The molecule has 0 aliphatic rings. The summed E-state index contributed by atoms with van der Waals surface area (Å²) in [5.74, 6) is 0.661. The number of nitrogens with one attached hydrogen (secondary N) is 1. The maximum Gasteiger partial charge on any atom is 0.230 e. The van der Waals surface area contributed by atoms with Crippen LogP contribution in [0.3, 0.4) is 0 Å². The lowest BCUT2D eigenvalue weighted by molar-refractivity contribution is -0.118. The van der Waals surface area contributed by atoms with Gasteiger partial charge < -0.3 is 9.88 Å². The van der Waals surface area contributed by atoms with Crippen molar-refractivity contribution >= 4 is 29.3 Å². The number of benzene rings is 2. The second-order valence-corrected chi connectivity index (χ2v) is 7.45. The lowest BCUT2D eigenvalue weighted by Crippen LogP contribution is -2.27. The van der Waals surface area contributed by atoms with Crippen molar-refractivity contribution in [3.63, 3.8) is 0 Å². The van der Waals surface area contributed by atoms with Gasteiger partial charge in [0, 0.05) is 23.7 Å². The van der Waals surface area contributed by atoms with Crippen molar-refractivity contribution in [1.82, 2.24) is 20.1 Å². The number of rotatable bonds is 8. The van der Waals surface area contributed by atoms with Gasteiger partial charge in [-0.3, -0.25) is 4.79 Å². The van der Waals surface area contributed by atoms with Crippen LogP contribution in [-0.2, 0) is 17.8 Å². The quantitative estimate of drug-likeness (QED) is 0.557. The standard InChI is InChI=1S/C20H20ClFN4OS/c1-2-26-19(15-5-7-16(21)8-6-15)24-25-20(26)28-13-18(27)23-12-11-14-3-9-17(22)10-4-14/h3-10H,2,11-13H2,1H3,(H,23,27). The van der Waals surface area contributed by atoms with Crippen molar-refractivity contribution in [1.29, 1.82) is 0 Å². The van der Waals surface area contributed by atoms with E-state index >= 15 is 0 Å². The van der Waals surface area contributed by atoms with Gasteiger partial charge in [-0.1, -0.05) is 35.5 Å². The van der Waals surface area contributed by atoms with Crippen molar-refractivity contribution in [2.45, 2.75) is 25.0 Å². The molecular weight excluding hydrogens is 399 g/mol. The summed E-state index contributed by atoms with van der Waals surface area (Å²) >= 11 is 7.29. The van der Waals surface area contributed by atoms with E-state index in [0.717, 1.165) is 17.0 Å². The van der Waals surface area contributed by atoms with E-state index in [1.807, 2.05) is 35.8 Å². The van der Waals surface area contributed by atoms with Crippen molar-refractivity contribution in [2.75, 3.05) is 12.3 Å². The highest BCUT2D eigenvalue weighted by Gasteiger charge is 2.14. The molecule has 3 aromatic rings. The second kappa shape index (κ2) is 9.71. The van der Waals surface area contributed by atoms with Crippen LogP contribution >= 0.6 is 23.4 Å². The van der Waals surface area contributed by atoms with Crippen LogP contribution in [0.4, 0.5) is 4.39 Å². The summed E-state index contributed by atoms with van der Waals surface area (Å²) < 4.78 is 14.9. The van der Waals surface area contributed by atoms with Crippen LogP contribution in [0.25, 0.3) is 11.4 Å². The Hall–Kier alpha value is -2.38. The number of aromatic nitrogens is 3. The first-order valence-electron chi connectivity index (χ1n) is 8.90. The minimum Gasteiger partial charge on any atom is -0.355 e. The number of nitrogens with zero attached hydrogens (tertiary/aromatic N) is 3. The molecule has 0 spiro atoms. The number of hydrogen-bond acceptors (Lipinski definition) is 4. The predicted octanol–water partition coefficient (Wildman–Crippen LogP) is 4.21. The molecule has 0 atom stereocenters. The highest BCUT2D eigenvalue weighted by atomic mass is 35.5. The number of amides is 1. The zero-order valence-electron chi connectivity index (χ0n) is 15.4. The van der Waals surface area contributed by atoms with E-state index in [0.29, 0.717) is 29.7 Å². The SMILES string of the molecule is CCn1c(SCC(=O)NCCc2ccc(F)cc2)nnc1-c1ccc(Cl)cc1. The van der Waals surface area contributed by atoms with Gasteiger partial charge in [-0.25, -0.2) is 4.39 Å². The molecule has 2 aromatic carbocycles. The Morgan fingerprint density at radius 2 is 1.86 bits per heavy atom. The summed E-state index contributed by atoms with van der Waals surface area (Å²) in [5.41, 5.74) is 1.90. The molecule has 0 aliphatic heterocycles. The molecule has 8 heteroatoms. The maximum atomic E-state index is 12.9. The van der Waals surface area contributed by atoms with Crippen LogP contribution in [0.15, 0.2) is 53.7 Å². The van der Waals surface area contributed by atoms with E-state index in [-0.39, 0.29) is 17.5 Å². The molecule has 0 saturated heterocycles. The van der Waals surface area contributed by atoms with Gasteiger partial charge in [0.15, 0.2) is 11.0 Å². The monoisotopic (exact) mass is 418 g/mol. The zero-order chi connectivity index (χ0) is 19.9. The summed E-state index contributed by atoms with van der Waals surface area (Å²) in [4.78, 5) is 12.1. The van der Waals surface area contributed by atoms with E-state index in [9.17, 15) is 9.18 Å². The molecule has 1 aromatic heterocycles. The number of thioether (sulfide) groups is 1. The molecule has 0 fully saturated rings. The summed E-state index contributed by atoms with van der Waals surface area (Å²) in [7, 11) is 0. The average molecular weight is 419 g/mol. The molecular formula is C20H20ClFN4OS. The average Bonchev–Trinajstić information content (AvgIpc) is 3.11. The van der Waals surface area contributed by atoms with Crippen molar-refractivity contribution in [3.05, 3.63) is 64.9 Å².